The Labute approximate surface area is 135 Å². The van der Waals surface area contributed by atoms with E-state index in [1.165, 1.54) is 5.56 Å². The quantitative estimate of drug-likeness (QED) is 0.869. The summed E-state index contributed by atoms with van der Waals surface area (Å²) < 4.78 is 0. The Kier molecular flexibility index (Phi) is 4.65. The molecule has 0 unspecified atom stereocenters. The number of nitrogens with zero attached hydrogens (tertiary/aromatic N) is 4. The van der Waals surface area contributed by atoms with Crippen molar-refractivity contribution in [3.05, 3.63) is 65.5 Å². The average molecular weight is 306 g/mol. The minimum Gasteiger partial charge on any atom is -0.336 e. The summed E-state index contributed by atoms with van der Waals surface area (Å²) in [6.07, 6.45) is 3.61. The fourth-order valence-corrected chi connectivity index (χ4v) is 2.76. The molecule has 0 bridgehead atoms. The van der Waals surface area contributed by atoms with E-state index in [1.54, 1.807) is 36.7 Å². The van der Waals surface area contributed by atoms with E-state index in [0.717, 1.165) is 19.6 Å². The lowest BCUT2D eigenvalue weighted by atomic mass is 10.1. The molecule has 1 aromatic heterocycles. The first-order chi connectivity index (χ1) is 11.3. The lowest BCUT2D eigenvalue weighted by molar-refractivity contribution is 0.0628. The Balaban J connectivity index is 1.58. The highest BCUT2D eigenvalue weighted by molar-refractivity contribution is 5.94. The summed E-state index contributed by atoms with van der Waals surface area (Å²) in [5.74, 6) is 0.00524. The Bertz CT molecular complexity index is 715. The molecule has 23 heavy (non-hydrogen) atoms. The fraction of sp³-hybridized carbons (Fsp3) is 0.278. The van der Waals surface area contributed by atoms with Crippen molar-refractivity contribution >= 4 is 5.91 Å². The third kappa shape index (κ3) is 3.74. The zero-order chi connectivity index (χ0) is 16.1. The SMILES string of the molecule is N#Cc1cccc(C(=O)N2CCN(Cc3ccncc3)CC2)c1. The molecule has 1 aliphatic heterocycles. The molecule has 1 saturated heterocycles. The zero-order valence-electron chi connectivity index (χ0n) is 12.9. The third-order valence-electron chi connectivity index (χ3n) is 4.05. The summed E-state index contributed by atoms with van der Waals surface area (Å²) >= 11 is 0. The molecule has 0 aliphatic carbocycles. The summed E-state index contributed by atoms with van der Waals surface area (Å²) in [7, 11) is 0. The van der Waals surface area contributed by atoms with Gasteiger partial charge in [-0.25, -0.2) is 0 Å². The van der Waals surface area contributed by atoms with Crippen LogP contribution in [0.25, 0.3) is 0 Å². The van der Waals surface area contributed by atoms with Crippen molar-refractivity contribution in [2.24, 2.45) is 0 Å². The second-order valence-corrected chi connectivity index (χ2v) is 5.62. The van der Waals surface area contributed by atoms with Crippen LogP contribution in [0.2, 0.25) is 0 Å². The lowest BCUT2D eigenvalue weighted by Crippen LogP contribution is -2.48. The molecule has 0 radical (unpaired) electrons. The molecule has 0 saturated carbocycles. The maximum atomic E-state index is 12.5. The highest BCUT2D eigenvalue weighted by Crippen LogP contribution is 2.12. The van der Waals surface area contributed by atoms with Gasteiger partial charge in [-0.15, -0.1) is 0 Å². The molecule has 0 N–H and O–H groups in total. The standard InChI is InChI=1S/C18H18N4O/c19-13-16-2-1-3-17(12-16)18(23)22-10-8-21(9-11-22)14-15-4-6-20-7-5-15/h1-7,12H,8-11,14H2. The van der Waals surface area contributed by atoms with Crippen LogP contribution in [0.3, 0.4) is 0 Å². The molecular weight excluding hydrogens is 288 g/mol. The molecule has 3 rings (SSSR count). The van der Waals surface area contributed by atoms with E-state index in [-0.39, 0.29) is 5.91 Å². The minimum atomic E-state index is 0.00524. The van der Waals surface area contributed by atoms with Crippen molar-refractivity contribution in [2.75, 3.05) is 26.2 Å². The van der Waals surface area contributed by atoms with Gasteiger partial charge in [0.25, 0.3) is 5.91 Å². The van der Waals surface area contributed by atoms with Gasteiger partial charge < -0.3 is 4.90 Å². The van der Waals surface area contributed by atoms with Crippen molar-refractivity contribution in [1.82, 2.24) is 14.8 Å². The van der Waals surface area contributed by atoms with Gasteiger partial charge in [0.15, 0.2) is 0 Å². The normalized spacial score (nSPS) is 15.2. The molecule has 2 heterocycles. The number of amides is 1. The number of benzene rings is 1. The summed E-state index contributed by atoms with van der Waals surface area (Å²) in [4.78, 5) is 20.7. The first-order valence-electron chi connectivity index (χ1n) is 7.67. The molecule has 5 nitrogen and oxygen atoms in total. The molecule has 1 amide bonds. The van der Waals surface area contributed by atoms with Gasteiger partial charge in [-0.05, 0) is 35.9 Å². The predicted molar refractivity (Wildman–Crippen MR) is 86.6 cm³/mol. The Morgan fingerprint density at radius 3 is 2.57 bits per heavy atom. The van der Waals surface area contributed by atoms with E-state index in [4.69, 9.17) is 5.26 Å². The molecule has 0 atom stereocenters. The van der Waals surface area contributed by atoms with Gasteiger partial charge in [0.1, 0.15) is 0 Å². The molecule has 1 aliphatic rings. The van der Waals surface area contributed by atoms with Gasteiger partial charge >= 0.3 is 0 Å². The number of hydrogen-bond acceptors (Lipinski definition) is 4. The smallest absolute Gasteiger partial charge is 0.253 e. The zero-order valence-corrected chi connectivity index (χ0v) is 12.9. The Morgan fingerprint density at radius 2 is 1.87 bits per heavy atom. The van der Waals surface area contributed by atoms with E-state index in [9.17, 15) is 4.79 Å². The number of nitriles is 1. The van der Waals surface area contributed by atoms with Crippen LogP contribution in [-0.4, -0.2) is 46.9 Å². The molecule has 2 aromatic rings. The van der Waals surface area contributed by atoms with Gasteiger partial charge in [0.05, 0.1) is 11.6 Å². The number of pyridine rings is 1. The van der Waals surface area contributed by atoms with Crippen molar-refractivity contribution in [3.63, 3.8) is 0 Å². The topological polar surface area (TPSA) is 60.2 Å². The Morgan fingerprint density at radius 1 is 1.13 bits per heavy atom. The average Bonchev–Trinajstić information content (AvgIpc) is 2.63. The molecule has 0 spiro atoms. The van der Waals surface area contributed by atoms with Crippen LogP contribution in [0.1, 0.15) is 21.5 Å². The predicted octanol–water partition coefficient (Wildman–Crippen LogP) is 1.91. The van der Waals surface area contributed by atoms with Crippen LogP contribution in [0.15, 0.2) is 48.8 Å². The monoisotopic (exact) mass is 306 g/mol. The largest absolute Gasteiger partial charge is 0.336 e. The van der Waals surface area contributed by atoms with Crippen molar-refractivity contribution in [3.8, 4) is 6.07 Å². The van der Waals surface area contributed by atoms with Gasteiger partial charge in [-0.1, -0.05) is 6.07 Å². The fourth-order valence-electron chi connectivity index (χ4n) is 2.76. The maximum Gasteiger partial charge on any atom is 0.253 e. The van der Waals surface area contributed by atoms with Crippen molar-refractivity contribution in [2.45, 2.75) is 6.54 Å². The number of rotatable bonds is 3. The third-order valence-corrected chi connectivity index (χ3v) is 4.05. The van der Waals surface area contributed by atoms with Crippen molar-refractivity contribution in [1.29, 1.82) is 5.26 Å². The highest BCUT2D eigenvalue weighted by Gasteiger charge is 2.22. The molecule has 116 valence electrons. The molecule has 1 fully saturated rings. The van der Waals surface area contributed by atoms with E-state index >= 15 is 0 Å². The van der Waals surface area contributed by atoms with E-state index in [0.29, 0.717) is 24.2 Å². The van der Waals surface area contributed by atoms with Crippen LogP contribution < -0.4 is 0 Å². The Hall–Kier alpha value is -2.71. The number of piperazine rings is 1. The maximum absolute atomic E-state index is 12.5. The van der Waals surface area contributed by atoms with Crippen LogP contribution >= 0.6 is 0 Å². The van der Waals surface area contributed by atoms with Gasteiger partial charge in [0.2, 0.25) is 0 Å². The number of hydrogen-bond donors (Lipinski definition) is 0. The van der Waals surface area contributed by atoms with E-state index in [2.05, 4.69) is 16.0 Å². The van der Waals surface area contributed by atoms with Crippen LogP contribution in [0, 0.1) is 11.3 Å². The summed E-state index contributed by atoms with van der Waals surface area (Å²) in [5, 5.41) is 8.94. The highest BCUT2D eigenvalue weighted by atomic mass is 16.2. The van der Waals surface area contributed by atoms with E-state index < -0.39 is 0 Å². The van der Waals surface area contributed by atoms with Crippen LogP contribution in [-0.2, 0) is 6.54 Å². The molecule has 5 heteroatoms. The first-order valence-corrected chi connectivity index (χ1v) is 7.67. The second kappa shape index (κ2) is 7.03. The van der Waals surface area contributed by atoms with Gasteiger partial charge in [-0.2, -0.15) is 5.26 Å². The lowest BCUT2D eigenvalue weighted by Gasteiger charge is -2.34. The van der Waals surface area contributed by atoms with Crippen molar-refractivity contribution < 1.29 is 4.79 Å². The number of carbonyl (C=O) groups excluding carboxylic acids is 1. The van der Waals surface area contributed by atoms with Gasteiger partial charge in [0, 0.05) is 50.7 Å². The summed E-state index contributed by atoms with van der Waals surface area (Å²) in [6.45, 7) is 4.01. The second-order valence-electron chi connectivity index (χ2n) is 5.62. The summed E-state index contributed by atoms with van der Waals surface area (Å²) in [6, 6.07) is 13.0. The molecular formula is C18H18N4O. The molecule has 1 aromatic carbocycles. The number of aromatic nitrogens is 1. The van der Waals surface area contributed by atoms with Crippen LogP contribution in [0.4, 0.5) is 0 Å². The number of carbonyl (C=O) groups is 1. The van der Waals surface area contributed by atoms with Gasteiger partial charge in [-0.3, -0.25) is 14.7 Å². The van der Waals surface area contributed by atoms with E-state index in [1.807, 2.05) is 17.0 Å². The minimum absolute atomic E-state index is 0.00524. The summed E-state index contributed by atoms with van der Waals surface area (Å²) in [5.41, 5.74) is 2.35. The van der Waals surface area contributed by atoms with Crippen LogP contribution in [0.5, 0.6) is 0 Å². The first kappa shape index (κ1) is 15.2.